The van der Waals surface area contributed by atoms with E-state index in [0.717, 1.165) is 17.7 Å². The Bertz CT molecular complexity index is 961. The second kappa shape index (κ2) is 7.45. The Morgan fingerprint density at radius 2 is 1.85 bits per heavy atom. The molecule has 0 saturated carbocycles. The normalized spacial score (nSPS) is 10.5. The molecule has 0 atom stereocenters. The van der Waals surface area contributed by atoms with Crippen molar-refractivity contribution in [1.82, 2.24) is 9.97 Å². The lowest BCUT2D eigenvalue weighted by Gasteiger charge is -2.10. The van der Waals surface area contributed by atoms with Crippen molar-refractivity contribution in [2.45, 2.75) is 6.92 Å². The maximum Gasteiger partial charge on any atom is 0.274 e. The zero-order valence-corrected chi connectivity index (χ0v) is 14.3. The molecular weight excluding hydrogens is 362 g/mol. The van der Waals surface area contributed by atoms with Crippen LogP contribution in [-0.2, 0) is 0 Å². The molecule has 2 N–H and O–H groups in total. The molecule has 0 aliphatic heterocycles. The fraction of sp³-hybridized carbons (Fsp3) is 0.0556. The number of amides is 1. The summed E-state index contributed by atoms with van der Waals surface area (Å²) in [6.07, 6.45) is 1.37. The van der Waals surface area contributed by atoms with Crippen molar-refractivity contribution >= 4 is 34.8 Å². The van der Waals surface area contributed by atoms with Crippen LogP contribution in [0.25, 0.3) is 0 Å². The van der Waals surface area contributed by atoms with Gasteiger partial charge in [-0.2, -0.15) is 0 Å². The van der Waals surface area contributed by atoms with E-state index in [0.29, 0.717) is 10.7 Å². The zero-order valence-electron chi connectivity index (χ0n) is 13.6. The molecule has 1 amide bonds. The summed E-state index contributed by atoms with van der Waals surface area (Å²) < 4.78 is 27.3. The largest absolute Gasteiger partial charge is 0.324 e. The van der Waals surface area contributed by atoms with Gasteiger partial charge in [-0.05, 0) is 48.9 Å². The minimum Gasteiger partial charge on any atom is -0.324 e. The number of para-hydroxylation sites is 1. The first-order chi connectivity index (χ1) is 12.4. The molecule has 0 bridgehead atoms. The van der Waals surface area contributed by atoms with Crippen molar-refractivity contribution in [3.8, 4) is 0 Å². The van der Waals surface area contributed by atoms with Crippen LogP contribution in [0.15, 0.2) is 48.7 Å². The van der Waals surface area contributed by atoms with Crippen LogP contribution >= 0.6 is 11.6 Å². The first-order valence-electron chi connectivity index (χ1n) is 7.55. The van der Waals surface area contributed by atoms with Crippen LogP contribution in [0.3, 0.4) is 0 Å². The molecule has 1 aromatic heterocycles. The van der Waals surface area contributed by atoms with Crippen LogP contribution < -0.4 is 10.6 Å². The fourth-order valence-electron chi connectivity index (χ4n) is 2.23. The number of aromatic nitrogens is 2. The Labute approximate surface area is 153 Å². The van der Waals surface area contributed by atoms with Crippen LogP contribution in [-0.4, -0.2) is 15.9 Å². The van der Waals surface area contributed by atoms with Gasteiger partial charge in [0.1, 0.15) is 23.0 Å². The van der Waals surface area contributed by atoms with Gasteiger partial charge in [0, 0.05) is 16.9 Å². The molecular formula is C18H13ClF2N4O. The lowest BCUT2D eigenvalue weighted by Crippen LogP contribution is -2.16. The van der Waals surface area contributed by atoms with Crippen molar-refractivity contribution in [3.05, 3.63) is 76.6 Å². The molecule has 3 rings (SSSR count). The van der Waals surface area contributed by atoms with Gasteiger partial charge < -0.3 is 10.6 Å². The quantitative estimate of drug-likeness (QED) is 0.694. The van der Waals surface area contributed by atoms with Gasteiger partial charge in [0.15, 0.2) is 0 Å². The number of nitrogens with one attached hydrogen (secondary N) is 2. The number of rotatable bonds is 4. The summed E-state index contributed by atoms with van der Waals surface area (Å²) in [5, 5.41) is 5.74. The van der Waals surface area contributed by atoms with Crippen molar-refractivity contribution < 1.29 is 13.6 Å². The molecule has 132 valence electrons. The van der Waals surface area contributed by atoms with Gasteiger partial charge in [-0.25, -0.2) is 18.7 Å². The number of carbonyl (C=O) groups is 1. The van der Waals surface area contributed by atoms with Crippen molar-refractivity contribution in [1.29, 1.82) is 0 Å². The summed E-state index contributed by atoms with van der Waals surface area (Å²) in [5.41, 5.74) is 1.01. The summed E-state index contributed by atoms with van der Waals surface area (Å²) in [6, 6.07) is 9.87. The minimum atomic E-state index is -0.873. The predicted molar refractivity (Wildman–Crippen MR) is 95.8 cm³/mol. The van der Waals surface area contributed by atoms with E-state index in [1.807, 2.05) is 6.92 Å². The first-order valence-corrected chi connectivity index (χ1v) is 7.93. The Hall–Kier alpha value is -3.06. The molecule has 0 fully saturated rings. The predicted octanol–water partition coefficient (Wildman–Crippen LogP) is 4.71. The molecule has 1 heterocycles. The van der Waals surface area contributed by atoms with Gasteiger partial charge in [0.05, 0.1) is 0 Å². The minimum absolute atomic E-state index is 0.0447. The van der Waals surface area contributed by atoms with E-state index in [4.69, 9.17) is 11.6 Å². The highest BCUT2D eigenvalue weighted by Gasteiger charge is 2.15. The Kier molecular flexibility index (Phi) is 5.09. The third-order valence-electron chi connectivity index (χ3n) is 3.52. The maximum absolute atomic E-state index is 13.7. The summed E-state index contributed by atoms with van der Waals surface area (Å²) in [4.78, 5) is 20.4. The van der Waals surface area contributed by atoms with Gasteiger partial charge in [-0.1, -0.05) is 17.7 Å². The molecule has 3 aromatic rings. The van der Waals surface area contributed by atoms with Crippen LogP contribution in [0.5, 0.6) is 0 Å². The number of benzene rings is 2. The Morgan fingerprint density at radius 1 is 1.12 bits per heavy atom. The third kappa shape index (κ3) is 3.94. The van der Waals surface area contributed by atoms with Crippen molar-refractivity contribution in [2.24, 2.45) is 0 Å². The number of hydrogen-bond donors (Lipinski definition) is 2. The average molecular weight is 375 g/mol. The number of carbonyl (C=O) groups excluding carboxylic acids is 1. The van der Waals surface area contributed by atoms with Crippen LogP contribution in [0.4, 0.5) is 26.1 Å². The van der Waals surface area contributed by atoms with E-state index in [1.54, 1.807) is 18.2 Å². The number of nitrogens with zero attached hydrogens (tertiary/aromatic N) is 2. The molecule has 2 aromatic carbocycles. The second-order valence-corrected chi connectivity index (χ2v) is 5.84. The molecule has 0 spiro atoms. The van der Waals surface area contributed by atoms with E-state index in [2.05, 4.69) is 20.6 Å². The number of aryl methyl sites for hydroxylation is 1. The maximum atomic E-state index is 13.7. The van der Waals surface area contributed by atoms with E-state index in [-0.39, 0.29) is 11.6 Å². The standard InChI is InChI=1S/C18H13ClF2N4O/c1-10-9-11(19)5-6-14(10)23-18-22-8-7-15(24-18)17(26)25-16-12(20)3-2-4-13(16)21/h2-9H,1H3,(H,25,26)(H,22,23,24). The molecule has 0 saturated heterocycles. The van der Waals surface area contributed by atoms with Crippen LogP contribution in [0.1, 0.15) is 16.1 Å². The number of hydrogen-bond acceptors (Lipinski definition) is 4. The van der Waals surface area contributed by atoms with Gasteiger partial charge in [-0.3, -0.25) is 4.79 Å². The average Bonchev–Trinajstić information content (AvgIpc) is 2.61. The molecule has 5 nitrogen and oxygen atoms in total. The van der Waals surface area contributed by atoms with Crippen molar-refractivity contribution in [2.75, 3.05) is 10.6 Å². The van der Waals surface area contributed by atoms with Gasteiger partial charge in [0.2, 0.25) is 5.95 Å². The highest BCUT2D eigenvalue weighted by atomic mass is 35.5. The molecule has 0 radical (unpaired) electrons. The highest BCUT2D eigenvalue weighted by Crippen LogP contribution is 2.22. The van der Waals surface area contributed by atoms with Gasteiger partial charge in [-0.15, -0.1) is 0 Å². The third-order valence-corrected chi connectivity index (χ3v) is 3.76. The zero-order chi connectivity index (χ0) is 18.7. The molecule has 26 heavy (non-hydrogen) atoms. The monoisotopic (exact) mass is 374 g/mol. The fourth-order valence-corrected chi connectivity index (χ4v) is 2.45. The first kappa shape index (κ1) is 17.8. The lowest BCUT2D eigenvalue weighted by molar-refractivity contribution is 0.102. The Balaban J connectivity index is 1.81. The summed E-state index contributed by atoms with van der Waals surface area (Å²) in [6.45, 7) is 1.85. The molecule has 0 aliphatic rings. The smallest absolute Gasteiger partial charge is 0.274 e. The van der Waals surface area contributed by atoms with Crippen molar-refractivity contribution in [3.63, 3.8) is 0 Å². The molecule has 0 unspecified atom stereocenters. The molecule has 0 aliphatic carbocycles. The van der Waals surface area contributed by atoms with E-state index >= 15 is 0 Å². The summed E-state index contributed by atoms with van der Waals surface area (Å²) in [5.74, 6) is -2.34. The van der Waals surface area contributed by atoms with E-state index in [9.17, 15) is 13.6 Å². The summed E-state index contributed by atoms with van der Waals surface area (Å²) in [7, 11) is 0. The topological polar surface area (TPSA) is 66.9 Å². The highest BCUT2D eigenvalue weighted by molar-refractivity contribution is 6.30. The van der Waals surface area contributed by atoms with E-state index in [1.165, 1.54) is 18.3 Å². The van der Waals surface area contributed by atoms with Gasteiger partial charge >= 0.3 is 0 Å². The SMILES string of the molecule is Cc1cc(Cl)ccc1Nc1nccc(C(=O)Nc2c(F)cccc2F)n1. The number of halogens is 3. The van der Waals surface area contributed by atoms with Crippen LogP contribution in [0.2, 0.25) is 5.02 Å². The Morgan fingerprint density at radius 3 is 2.54 bits per heavy atom. The summed E-state index contributed by atoms with van der Waals surface area (Å²) >= 11 is 5.92. The van der Waals surface area contributed by atoms with Crippen LogP contribution in [0, 0.1) is 18.6 Å². The second-order valence-electron chi connectivity index (χ2n) is 5.40. The number of anilines is 3. The van der Waals surface area contributed by atoms with E-state index < -0.39 is 23.2 Å². The lowest BCUT2D eigenvalue weighted by atomic mass is 10.2. The van der Waals surface area contributed by atoms with Gasteiger partial charge in [0.25, 0.3) is 5.91 Å². The molecule has 8 heteroatoms.